The molecule has 2 atom stereocenters. The van der Waals surface area contributed by atoms with E-state index in [1.54, 1.807) is 14.2 Å². The number of hydrogen-bond donors (Lipinski definition) is 1. The minimum Gasteiger partial charge on any atom is -0.497 e. The maximum absolute atomic E-state index is 5.53. The standard InChI is InChI=1S/C17H28N2O2/c1-13-7-5-6-10-19(13)12-16(18-2)15-11-14(20-3)8-9-17(15)21-4/h8-9,11,13,16,18H,5-7,10,12H2,1-4H3. The zero-order chi connectivity index (χ0) is 15.2. The Bertz CT molecular complexity index is 450. The van der Waals surface area contributed by atoms with Gasteiger partial charge in [0.2, 0.25) is 0 Å². The van der Waals surface area contributed by atoms with Gasteiger partial charge in [-0.05, 0) is 51.6 Å². The highest BCUT2D eigenvalue weighted by atomic mass is 16.5. The second-order valence-electron chi connectivity index (χ2n) is 5.79. The van der Waals surface area contributed by atoms with E-state index < -0.39 is 0 Å². The topological polar surface area (TPSA) is 33.7 Å². The van der Waals surface area contributed by atoms with Gasteiger partial charge >= 0.3 is 0 Å². The molecule has 1 saturated heterocycles. The van der Waals surface area contributed by atoms with Crippen LogP contribution >= 0.6 is 0 Å². The van der Waals surface area contributed by atoms with E-state index in [1.807, 2.05) is 19.2 Å². The molecule has 2 unspecified atom stereocenters. The Kier molecular flexibility index (Phi) is 5.88. The second-order valence-corrected chi connectivity index (χ2v) is 5.79. The van der Waals surface area contributed by atoms with Crippen molar-refractivity contribution >= 4 is 0 Å². The number of likely N-dealkylation sites (N-methyl/N-ethyl adjacent to an activating group) is 1. The van der Waals surface area contributed by atoms with Gasteiger partial charge in [0.1, 0.15) is 11.5 Å². The summed E-state index contributed by atoms with van der Waals surface area (Å²) in [6.07, 6.45) is 3.95. The molecule has 0 bridgehead atoms. The van der Waals surface area contributed by atoms with Gasteiger partial charge in [-0.3, -0.25) is 4.90 Å². The van der Waals surface area contributed by atoms with E-state index in [2.05, 4.69) is 23.2 Å². The van der Waals surface area contributed by atoms with Crippen LogP contribution < -0.4 is 14.8 Å². The highest BCUT2D eigenvalue weighted by Crippen LogP contribution is 2.31. The van der Waals surface area contributed by atoms with Gasteiger partial charge < -0.3 is 14.8 Å². The average molecular weight is 292 g/mol. The molecule has 1 heterocycles. The Morgan fingerprint density at radius 2 is 2.10 bits per heavy atom. The van der Waals surface area contributed by atoms with Crippen LogP contribution in [0.4, 0.5) is 0 Å². The van der Waals surface area contributed by atoms with Crippen LogP contribution in [0.2, 0.25) is 0 Å². The molecule has 4 heteroatoms. The average Bonchev–Trinajstić information content (AvgIpc) is 2.53. The molecule has 0 radical (unpaired) electrons. The van der Waals surface area contributed by atoms with E-state index in [4.69, 9.17) is 9.47 Å². The van der Waals surface area contributed by atoms with Crippen LogP contribution in [0.1, 0.15) is 37.8 Å². The molecule has 1 fully saturated rings. The molecule has 1 aromatic rings. The lowest BCUT2D eigenvalue weighted by Gasteiger charge is -2.36. The summed E-state index contributed by atoms with van der Waals surface area (Å²) in [5.41, 5.74) is 1.16. The van der Waals surface area contributed by atoms with Crippen molar-refractivity contribution in [2.24, 2.45) is 0 Å². The molecule has 0 saturated carbocycles. The number of nitrogens with one attached hydrogen (secondary N) is 1. The third-order valence-corrected chi connectivity index (χ3v) is 4.52. The van der Waals surface area contributed by atoms with E-state index >= 15 is 0 Å². The fraction of sp³-hybridized carbons (Fsp3) is 0.647. The molecule has 0 amide bonds. The zero-order valence-corrected chi connectivity index (χ0v) is 13.7. The van der Waals surface area contributed by atoms with Crippen molar-refractivity contribution in [1.29, 1.82) is 0 Å². The van der Waals surface area contributed by atoms with Crippen molar-refractivity contribution in [3.05, 3.63) is 23.8 Å². The van der Waals surface area contributed by atoms with E-state index in [9.17, 15) is 0 Å². The van der Waals surface area contributed by atoms with Crippen LogP contribution in [-0.2, 0) is 0 Å². The van der Waals surface area contributed by atoms with Crippen molar-refractivity contribution in [3.63, 3.8) is 0 Å². The fourth-order valence-electron chi connectivity index (χ4n) is 3.12. The van der Waals surface area contributed by atoms with Crippen LogP contribution in [0.3, 0.4) is 0 Å². The molecule has 2 rings (SSSR count). The second kappa shape index (κ2) is 7.66. The van der Waals surface area contributed by atoms with Gasteiger partial charge in [-0.15, -0.1) is 0 Å². The van der Waals surface area contributed by atoms with E-state index in [1.165, 1.54) is 25.8 Å². The predicted octanol–water partition coefficient (Wildman–Crippen LogP) is 2.84. The van der Waals surface area contributed by atoms with Crippen molar-refractivity contribution in [2.75, 3.05) is 34.4 Å². The summed E-state index contributed by atoms with van der Waals surface area (Å²) in [6, 6.07) is 6.91. The number of rotatable bonds is 6. The van der Waals surface area contributed by atoms with E-state index in [0.29, 0.717) is 6.04 Å². The third kappa shape index (κ3) is 3.89. The lowest BCUT2D eigenvalue weighted by Crippen LogP contribution is -2.42. The Morgan fingerprint density at radius 3 is 2.71 bits per heavy atom. The quantitative estimate of drug-likeness (QED) is 0.874. The number of ether oxygens (including phenoxy) is 2. The Labute approximate surface area is 128 Å². The zero-order valence-electron chi connectivity index (χ0n) is 13.7. The third-order valence-electron chi connectivity index (χ3n) is 4.52. The van der Waals surface area contributed by atoms with Gasteiger partial charge in [0.15, 0.2) is 0 Å². The first-order chi connectivity index (χ1) is 10.2. The minimum absolute atomic E-state index is 0.246. The number of likely N-dealkylation sites (tertiary alicyclic amines) is 1. The molecule has 1 aliphatic heterocycles. The fourth-order valence-corrected chi connectivity index (χ4v) is 3.12. The maximum Gasteiger partial charge on any atom is 0.123 e. The number of methoxy groups -OCH3 is 2. The normalized spacial score (nSPS) is 21.0. The SMILES string of the molecule is CNC(CN1CCCCC1C)c1cc(OC)ccc1OC. The monoisotopic (exact) mass is 292 g/mol. The first-order valence-electron chi connectivity index (χ1n) is 7.82. The van der Waals surface area contributed by atoms with Gasteiger partial charge in [0.25, 0.3) is 0 Å². The smallest absolute Gasteiger partial charge is 0.123 e. The molecule has 4 nitrogen and oxygen atoms in total. The molecule has 21 heavy (non-hydrogen) atoms. The highest BCUT2D eigenvalue weighted by molar-refractivity contribution is 5.42. The summed E-state index contributed by atoms with van der Waals surface area (Å²) in [5, 5.41) is 3.44. The summed E-state index contributed by atoms with van der Waals surface area (Å²) < 4.78 is 10.9. The molecule has 0 spiro atoms. The van der Waals surface area contributed by atoms with Crippen LogP contribution in [0.5, 0.6) is 11.5 Å². The van der Waals surface area contributed by atoms with Crippen LogP contribution in [0.15, 0.2) is 18.2 Å². The summed E-state index contributed by atoms with van der Waals surface area (Å²) in [7, 11) is 5.44. The first-order valence-corrected chi connectivity index (χ1v) is 7.82. The minimum atomic E-state index is 0.246. The maximum atomic E-state index is 5.53. The summed E-state index contributed by atoms with van der Waals surface area (Å²) in [4.78, 5) is 2.57. The van der Waals surface area contributed by atoms with Gasteiger partial charge in [0, 0.05) is 24.2 Å². The molecule has 1 aliphatic rings. The van der Waals surface area contributed by atoms with Gasteiger partial charge in [-0.25, -0.2) is 0 Å². The number of hydrogen-bond acceptors (Lipinski definition) is 4. The summed E-state index contributed by atoms with van der Waals surface area (Å²) >= 11 is 0. The molecule has 118 valence electrons. The van der Waals surface area contributed by atoms with E-state index in [-0.39, 0.29) is 6.04 Å². The largest absolute Gasteiger partial charge is 0.497 e. The molecule has 1 N–H and O–H groups in total. The molecule has 0 aliphatic carbocycles. The van der Waals surface area contributed by atoms with Crippen LogP contribution in [-0.4, -0.2) is 45.3 Å². The highest BCUT2D eigenvalue weighted by Gasteiger charge is 2.23. The van der Waals surface area contributed by atoms with Gasteiger partial charge in [-0.2, -0.15) is 0 Å². The summed E-state index contributed by atoms with van der Waals surface area (Å²) in [5.74, 6) is 1.79. The molecule has 0 aromatic heterocycles. The molecular weight excluding hydrogens is 264 g/mol. The number of piperidine rings is 1. The Morgan fingerprint density at radius 1 is 1.29 bits per heavy atom. The number of nitrogens with zero attached hydrogens (tertiary/aromatic N) is 1. The van der Waals surface area contributed by atoms with Crippen LogP contribution in [0.25, 0.3) is 0 Å². The molecule has 1 aromatic carbocycles. The predicted molar refractivity (Wildman–Crippen MR) is 86.2 cm³/mol. The lowest BCUT2D eigenvalue weighted by atomic mass is 10.00. The van der Waals surface area contributed by atoms with Crippen molar-refractivity contribution in [3.8, 4) is 11.5 Å². The first kappa shape index (κ1) is 16.1. The Balaban J connectivity index is 2.19. The van der Waals surface area contributed by atoms with Crippen molar-refractivity contribution in [2.45, 2.75) is 38.3 Å². The summed E-state index contributed by atoms with van der Waals surface area (Å²) in [6.45, 7) is 4.52. The Hall–Kier alpha value is -1.26. The van der Waals surface area contributed by atoms with Crippen molar-refractivity contribution in [1.82, 2.24) is 10.2 Å². The lowest BCUT2D eigenvalue weighted by molar-refractivity contribution is 0.145. The van der Waals surface area contributed by atoms with Gasteiger partial charge in [-0.1, -0.05) is 6.42 Å². The van der Waals surface area contributed by atoms with Crippen LogP contribution in [0, 0.1) is 0 Å². The van der Waals surface area contributed by atoms with Gasteiger partial charge in [0.05, 0.1) is 14.2 Å². The van der Waals surface area contributed by atoms with Crippen molar-refractivity contribution < 1.29 is 9.47 Å². The molecular formula is C17H28N2O2. The number of benzene rings is 1. The van der Waals surface area contributed by atoms with E-state index in [0.717, 1.165) is 23.6 Å².